The van der Waals surface area contributed by atoms with Crippen LogP contribution in [0.3, 0.4) is 0 Å². The summed E-state index contributed by atoms with van der Waals surface area (Å²) in [5.74, 6) is 0. The van der Waals surface area contributed by atoms with E-state index < -0.39 is 0 Å². The number of aromatic nitrogens is 1. The molecule has 1 heterocycles. The minimum Gasteiger partial charge on any atom is -0.377 e. The van der Waals surface area contributed by atoms with Gasteiger partial charge in [0.2, 0.25) is 5.56 Å². The van der Waals surface area contributed by atoms with E-state index in [0.717, 1.165) is 23.6 Å². The first kappa shape index (κ1) is 12.3. The lowest BCUT2D eigenvalue weighted by atomic mass is 10.1. The number of aryl methyl sites for hydroxylation is 2. The fraction of sp³-hybridized carbons (Fsp3) is 0.267. The lowest BCUT2D eigenvalue weighted by Gasteiger charge is -2.16. The summed E-state index contributed by atoms with van der Waals surface area (Å²) in [5, 5.41) is 4.27. The summed E-state index contributed by atoms with van der Waals surface area (Å²) >= 11 is 6.01. The summed E-state index contributed by atoms with van der Waals surface area (Å²) in [7, 11) is 1.76. The number of fused-ring (bicyclic) bond motifs is 1. The summed E-state index contributed by atoms with van der Waals surface area (Å²) in [4.78, 5) is 11.4. The molecule has 0 radical (unpaired) electrons. The average Bonchev–Trinajstić information content (AvgIpc) is 2.76. The number of anilines is 1. The van der Waals surface area contributed by atoms with Crippen LogP contribution in [-0.2, 0) is 13.5 Å². The Morgan fingerprint density at radius 1 is 1.32 bits per heavy atom. The Balaban J connectivity index is 1.86. The van der Waals surface area contributed by atoms with Gasteiger partial charge >= 0.3 is 0 Å². The van der Waals surface area contributed by atoms with E-state index >= 15 is 0 Å². The Bertz CT molecular complexity index is 678. The molecule has 3 rings (SSSR count). The monoisotopic (exact) mass is 274 g/mol. The molecule has 98 valence electrons. The molecule has 1 aliphatic rings. The van der Waals surface area contributed by atoms with E-state index in [0.29, 0.717) is 6.04 Å². The maximum atomic E-state index is 11.4. The summed E-state index contributed by atoms with van der Waals surface area (Å²) in [6, 6.07) is 9.77. The average molecular weight is 275 g/mol. The normalized spacial score (nSPS) is 17.3. The van der Waals surface area contributed by atoms with Crippen LogP contribution in [0.1, 0.15) is 23.6 Å². The van der Waals surface area contributed by atoms with Crippen molar-refractivity contribution in [1.29, 1.82) is 0 Å². The molecule has 0 aliphatic heterocycles. The quantitative estimate of drug-likeness (QED) is 0.913. The number of hydrogen-bond donors (Lipinski definition) is 1. The third-order valence-electron chi connectivity index (χ3n) is 3.61. The van der Waals surface area contributed by atoms with Crippen molar-refractivity contribution in [2.75, 3.05) is 5.32 Å². The molecular formula is C15H15ClN2O. The lowest BCUT2D eigenvalue weighted by molar-refractivity contribution is 0.756. The number of pyridine rings is 1. The van der Waals surface area contributed by atoms with Crippen molar-refractivity contribution in [2.45, 2.75) is 18.9 Å². The van der Waals surface area contributed by atoms with Gasteiger partial charge in [0.05, 0.1) is 11.7 Å². The van der Waals surface area contributed by atoms with Crippen molar-refractivity contribution >= 4 is 17.3 Å². The third kappa shape index (κ3) is 2.38. The third-order valence-corrected chi connectivity index (χ3v) is 3.84. The van der Waals surface area contributed by atoms with Gasteiger partial charge in [-0.1, -0.05) is 17.7 Å². The Kier molecular flexibility index (Phi) is 3.07. The smallest absolute Gasteiger partial charge is 0.250 e. The van der Waals surface area contributed by atoms with Crippen LogP contribution in [0.4, 0.5) is 5.69 Å². The van der Waals surface area contributed by atoms with E-state index in [-0.39, 0.29) is 5.56 Å². The predicted octanol–water partition coefficient (Wildman–Crippen LogP) is 3.14. The summed E-state index contributed by atoms with van der Waals surface area (Å²) in [6.07, 6.45) is 3.92. The van der Waals surface area contributed by atoms with Gasteiger partial charge in [-0.2, -0.15) is 0 Å². The van der Waals surface area contributed by atoms with Crippen LogP contribution in [0, 0.1) is 0 Å². The number of nitrogens with one attached hydrogen (secondary N) is 1. The van der Waals surface area contributed by atoms with E-state index in [1.165, 1.54) is 11.1 Å². The molecule has 1 aromatic carbocycles. The van der Waals surface area contributed by atoms with Gasteiger partial charge in [-0.05, 0) is 42.2 Å². The first-order valence-electron chi connectivity index (χ1n) is 6.35. The van der Waals surface area contributed by atoms with E-state index in [1.807, 2.05) is 24.4 Å². The lowest BCUT2D eigenvalue weighted by Crippen LogP contribution is -2.16. The molecule has 1 N–H and O–H groups in total. The van der Waals surface area contributed by atoms with Crippen LogP contribution in [0.25, 0.3) is 0 Å². The molecule has 1 aliphatic carbocycles. The number of benzene rings is 1. The maximum Gasteiger partial charge on any atom is 0.250 e. The summed E-state index contributed by atoms with van der Waals surface area (Å²) in [6.45, 7) is 0. The molecule has 1 unspecified atom stereocenters. The van der Waals surface area contributed by atoms with Crippen LogP contribution < -0.4 is 10.9 Å². The molecule has 0 fully saturated rings. The zero-order valence-electron chi connectivity index (χ0n) is 10.7. The number of halogens is 1. The molecule has 0 amide bonds. The zero-order chi connectivity index (χ0) is 13.4. The molecule has 0 saturated heterocycles. The number of nitrogens with zero attached hydrogens (tertiary/aromatic N) is 1. The molecule has 3 nitrogen and oxygen atoms in total. The zero-order valence-corrected chi connectivity index (χ0v) is 11.4. The fourth-order valence-corrected chi connectivity index (χ4v) is 2.81. The van der Waals surface area contributed by atoms with Crippen molar-refractivity contribution in [3.8, 4) is 0 Å². The highest BCUT2D eigenvalue weighted by Crippen LogP contribution is 2.34. The number of rotatable bonds is 2. The van der Waals surface area contributed by atoms with Gasteiger partial charge in [-0.3, -0.25) is 4.79 Å². The molecule has 0 bridgehead atoms. The Morgan fingerprint density at radius 2 is 2.16 bits per heavy atom. The fourth-order valence-electron chi connectivity index (χ4n) is 2.62. The van der Waals surface area contributed by atoms with E-state index in [9.17, 15) is 4.79 Å². The van der Waals surface area contributed by atoms with E-state index in [2.05, 4.69) is 11.4 Å². The van der Waals surface area contributed by atoms with Gasteiger partial charge in [0.25, 0.3) is 0 Å². The van der Waals surface area contributed by atoms with Crippen molar-refractivity contribution in [3.63, 3.8) is 0 Å². The van der Waals surface area contributed by atoms with Crippen molar-refractivity contribution < 1.29 is 0 Å². The van der Waals surface area contributed by atoms with Crippen LogP contribution in [-0.4, -0.2) is 4.57 Å². The van der Waals surface area contributed by atoms with Crippen molar-refractivity contribution in [3.05, 3.63) is 63.0 Å². The van der Waals surface area contributed by atoms with Crippen LogP contribution >= 0.6 is 11.6 Å². The maximum absolute atomic E-state index is 11.4. The van der Waals surface area contributed by atoms with Crippen molar-refractivity contribution in [2.24, 2.45) is 7.05 Å². The van der Waals surface area contributed by atoms with Crippen molar-refractivity contribution in [1.82, 2.24) is 4.57 Å². The molecular weight excluding hydrogens is 260 g/mol. The highest BCUT2D eigenvalue weighted by atomic mass is 35.5. The summed E-state index contributed by atoms with van der Waals surface area (Å²) < 4.78 is 1.58. The first-order valence-corrected chi connectivity index (χ1v) is 6.73. The molecule has 4 heteroatoms. The Hall–Kier alpha value is -1.74. The topological polar surface area (TPSA) is 34.0 Å². The number of hydrogen-bond acceptors (Lipinski definition) is 2. The Labute approximate surface area is 116 Å². The molecule has 19 heavy (non-hydrogen) atoms. The van der Waals surface area contributed by atoms with Gasteiger partial charge in [0.15, 0.2) is 0 Å². The minimum absolute atomic E-state index is 0.00385. The second kappa shape index (κ2) is 4.74. The second-order valence-electron chi connectivity index (χ2n) is 4.95. The van der Waals surface area contributed by atoms with Crippen LogP contribution in [0.2, 0.25) is 5.02 Å². The van der Waals surface area contributed by atoms with E-state index in [4.69, 9.17) is 11.6 Å². The van der Waals surface area contributed by atoms with Gasteiger partial charge in [0, 0.05) is 24.3 Å². The first-order chi connectivity index (χ1) is 9.13. The molecule has 2 aromatic rings. The van der Waals surface area contributed by atoms with Gasteiger partial charge < -0.3 is 9.88 Å². The molecule has 1 atom stereocenters. The highest BCUT2D eigenvalue weighted by Gasteiger charge is 2.22. The SMILES string of the molecule is Cn1cc(NC2CCc3cc(Cl)ccc32)ccc1=O. The predicted molar refractivity (Wildman–Crippen MR) is 77.8 cm³/mol. The molecule has 1 aromatic heterocycles. The van der Waals surface area contributed by atoms with Gasteiger partial charge in [-0.25, -0.2) is 0 Å². The van der Waals surface area contributed by atoms with Gasteiger partial charge in [-0.15, -0.1) is 0 Å². The second-order valence-corrected chi connectivity index (χ2v) is 5.38. The van der Waals surface area contributed by atoms with Gasteiger partial charge in [0.1, 0.15) is 0 Å². The van der Waals surface area contributed by atoms with Crippen LogP contribution in [0.5, 0.6) is 0 Å². The molecule has 0 saturated carbocycles. The summed E-state index contributed by atoms with van der Waals surface area (Å²) in [5.41, 5.74) is 3.59. The van der Waals surface area contributed by atoms with Crippen LogP contribution in [0.15, 0.2) is 41.3 Å². The standard InChI is InChI=1S/C15H15ClN2O/c1-18-9-12(4-7-15(18)19)17-14-6-2-10-8-11(16)3-5-13(10)14/h3-5,7-9,14,17H,2,6H2,1H3. The van der Waals surface area contributed by atoms with E-state index in [1.54, 1.807) is 17.7 Å². The highest BCUT2D eigenvalue weighted by molar-refractivity contribution is 6.30. The minimum atomic E-state index is 0.00385. The largest absolute Gasteiger partial charge is 0.377 e. The molecule has 0 spiro atoms. The Morgan fingerprint density at radius 3 is 2.95 bits per heavy atom.